The highest BCUT2D eigenvalue weighted by Gasteiger charge is 2.13. The molecule has 4 heteroatoms. The molecule has 180 valence electrons. The third-order valence-corrected chi connectivity index (χ3v) is 6.08. The summed E-state index contributed by atoms with van der Waals surface area (Å²) in [6.45, 7) is 0.484. The number of unbranched alkanes of at least 4 members (excludes halogenated alkanes) is 8. The van der Waals surface area contributed by atoms with Crippen LogP contribution in [-0.4, -0.2) is 23.7 Å². The minimum Gasteiger partial charge on any atom is -0.481 e. The van der Waals surface area contributed by atoms with Gasteiger partial charge in [0.1, 0.15) is 0 Å². The Kier molecular flexibility index (Phi) is 13.7. The van der Waals surface area contributed by atoms with Crippen molar-refractivity contribution in [1.82, 2.24) is 0 Å². The molecule has 0 aliphatic carbocycles. The molecule has 2 aromatic carbocycles. The Morgan fingerprint density at radius 2 is 1.12 bits per heavy atom. The first kappa shape index (κ1) is 26.6. The summed E-state index contributed by atoms with van der Waals surface area (Å²) in [7, 11) is 0. The second kappa shape index (κ2) is 16.9. The Morgan fingerprint density at radius 3 is 1.67 bits per heavy atom. The van der Waals surface area contributed by atoms with E-state index in [4.69, 9.17) is 9.84 Å². The lowest BCUT2D eigenvalue weighted by atomic mass is 9.87. The van der Waals surface area contributed by atoms with E-state index in [0.717, 1.165) is 12.8 Å². The van der Waals surface area contributed by atoms with Gasteiger partial charge in [-0.2, -0.15) is 0 Å². The van der Waals surface area contributed by atoms with E-state index in [9.17, 15) is 9.59 Å². The number of benzene rings is 2. The summed E-state index contributed by atoms with van der Waals surface area (Å²) >= 11 is 0. The maximum Gasteiger partial charge on any atom is 0.305 e. The fourth-order valence-electron chi connectivity index (χ4n) is 4.21. The molecule has 0 radical (unpaired) electrons. The van der Waals surface area contributed by atoms with Crippen LogP contribution in [-0.2, 0) is 14.3 Å². The maximum atomic E-state index is 11.6. The Balaban J connectivity index is 1.48. The fourth-order valence-corrected chi connectivity index (χ4v) is 4.21. The molecule has 2 rings (SSSR count). The number of rotatable bonds is 18. The number of carbonyl (C=O) groups excluding carboxylic acids is 1. The highest BCUT2D eigenvalue weighted by Crippen LogP contribution is 2.30. The summed E-state index contributed by atoms with van der Waals surface area (Å²) in [5, 5.41) is 8.58. The zero-order valence-electron chi connectivity index (χ0n) is 19.9. The summed E-state index contributed by atoms with van der Waals surface area (Å²) in [5.41, 5.74) is 2.81. The van der Waals surface area contributed by atoms with E-state index in [1.165, 1.54) is 56.1 Å². The van der Waals surface area contributed by atoms with Gasteiger partial charge in [0.2, 0.25) is 0 Å². The van der Waals surface area contributed by atoms with Crippen LogP contribution >= 0.6 is 0 Å². The number of aliphatic carboxylic acids is 1. The van der Waals surface area contributed by atoms with Crippen molar-refractivity contribution in [2.75, 3.05) is 6.61 Å². The van der Waals surface area contributed by atoms with Crippen LogP contribution in [0.3, 0.4) is 0 Å². The van der Waals surface area contributed by atoms with Crippen molar-refractivity contribution in [3.05, 3.63) is 71.8 Å². The van der Waals surface area contributed by atoms with E-state index < -0.39 is 5.97 Å². The van der Waals surface area contributed by atoms with Crippen molar-refractivity contribution in [3.63, 3.8) is 0 Å². The van der Waals surface area contributed by atoms with E-state index in [1.54, 1.807) is 0 Å². The van der Waals surface area contributed by atoms with Gasteiger partial charge in [-0.3, -0.25) is 9.59 Å². The number of esters is 1. The maximum absolute atomic E-state index is 11.6. The summed E-state index contributed by atoms with van der Waals surface area (Å²) < 4.78 is 5.22. The Hall–Kier alpha value is -2.62. The van der Waals surface area contributed by atoms with Crippen LogP contribution in [0.4, 0.5) is 0 Å². The number of hydrogen-bond acceptors (Lipinski definition) is 3. The normalized spacial score (nSPS) is 10.9. The molecule has 0 fully saturated rings. The minimum atomic E-state index is -0.813. The molecule has 33 heavy (non-hydrogen) atoms. The number of carboxylic acids is 1. The van der Waals surface area contributed by atoms with E-state index in [0.29, 0.717) is 31.8 Å². The topological polar surface area (TPSA) is 63.6 Å². The third-order valence-electron chi connectivity index (χ3n) is 6.08. The zero-order chi connectivity index (χ0) is 23.6. The predicted octanol–water partition coefficient (Wildman–Crippen LogP) is 7.52. The first-order valence-electron chi connectivity index (χ1n) is 12.6. The van der Waals surface area contributed by atoms with Gasteiger partial charge in [-0.05, 0) is 36.8 Å². The summed E-state index contributed by atoms with van der Waals surface area (Å²) in [6, 6.07) is 21.7. The van der Waals surface area contributed by atoms with Gasteiger partial charge >= 0.3 is 11.9 Å². The Bertz CT molecular complexity index is 733. The molecular formula is C29H40O4. The van der Waals surface area contributed by atoms with Gasteiger partial charge in [0.25, 0.3) is 0 Å². The van der Waals surface area contributed by atoms with Crippen LogP contribution in [0.2, 0.25) is 0 Å². The second-order valence-corrected chi connectivity index (χ2v) is 8.81. The lowest BCUT2D eigenvalue weighted by Crippen LogP contribution is -2.06. The van der Waals surface area contributed by atoms with Gasteiger partial charge in [0.05, 0.1) is 6.61 Å². The van der Waals surface area contributed by atoms with Crippen molar-refractivity contribution in [1.29, 1.82) is 0 Å². The molecular weight excluding hydrogens is 412 g/mol. The molecule has 0 spiro atoms. The number of carboxylic acid groups (broad SMARTS) is 1. The Morgan fingerprint density at radius 1 is 0.636 bits per heavy atom. The van der Waals surface area contributed by atoms with Crippen molar-refractivity contribution < 1.29 is 19.4 Å². The van der Waals surface area contributed by atoms with Crippen LogP contribution in [0.1, 0.15) is 101 Å². The largest absolute Gasteiger partial charge is 0.481 e. The van der Waals surface area contributed by atoms with Gasteiger partial charge in [-0.25, -0.2) is 0 Å². The average Bonchev–Trinajstić information content (AvgIpc) is 2.83. The standard InChI is InChI=1S/C29H40O4/c30-28(31)22-14-15-23-29(32)33-24-16-6-4-2-1-3-5-13-21-27(25-17-9-7-10-18-25)26-19-11-8-12-20-26/h7-12,17-20,27H,1-6,13-16,21-24H2,(H,30,31). The molecule has 0 bridgehead atoms. The fraction of sp³-hybridized carbons (Fsp3) is 0.517. The van der Waals surface area contributed by atoms with Crippen molar-refractivity contribution in [2.24, 2.45) is 0 Å². The monoisotopic (exact) mass is 452 g/mol. The quantitative estimate of drug-likeness (QED) is 0.188. The minimum absolute atomic E-state index is 0.119. The molecule has 0 aliphatic rings. The van der Waals surface area contributed by atoms with Crippen LogP contribution in [0.25, 0.3) is 0 Å². The van der Waals surface area contributed by atoms with E-state index in [-0.39, 0.29) is 12.4 Å². The van der Waals surface area contributed by atoms with Gasteiger partial charge in [0, 0.05) is 18.8 Å². The highest BCUT2D eigenvalue weighted by molar-refractivity contribution is 5.69. The number of carbonyl (C=O) groups is 2. The van der Waals surface area contributed by atoms with Crippen LogP contribution in [0.15, 0.2) is 60.7 Å². The van der Waals surface area contributed by atoms with E-state index in [1.807, 2.05) is 0 Å². The summed E-state index contributed by atoms with van der Waals surface area (Å²) in [4.78, 5) is 22.0. The first-order valence-corrected chi connectivity index (χ1v) is 12.6. The first-order chi connectivity index (χ1) is 16.2. The van der Waals surface area contributed by atoms with Crippen LogP contribution in [0, 0.1) is 0 Å². The number of ether oxygens (including phenoxy) is 1. The lowest BCUT2D eigenvalue weighted by Gasteiger charge is -2.18. The lowest BCUT2D eigenvalue weighted by molar-refractivity contribution is -0.144. The third kappa shape index (κ3) is 12.3. The van der Waals surface area contributed by atoms with Gasteiger partial charge in [-0.15, -0.1) is 0 Å². The molecule has 0 heterocycles. The molecule has 0 saturated carbocycles. The molecule has 0 aliphatic heterocycles. The van der Waals surface area contributed by atoms with Gasteiger partial charge < -0.3 is 9.84 Å². The zero-order valence-corrected chi connectivity index (χ0v) is 19.9. The van der Waals surface area contributed by atoms with Crippen molar-refractivity contribution in [3.8, 4) is 0 Å². The van der Waals surface area contributed by atoms with Crippen molar-refractivity contribution >= 4 is 11.9 Å². The van der Waals surface area contributed by atoms with Gasteiger partial charge in [-0.1, -0.05) is 106 Å². The van der Waals surface area contributed by atoms with Crippen molar-refractivity contribution in [2.45, 2.75) is 89.4 Å². The highest BCUT2D eigenvalue weighted by atomic mass is 16.5. The van der Waals surface area contributed by atoms with Crippen LogP contribution < -0.4 is 0 Å². The molecule has 0 unspecified atom stereocenters. The SMILES string of the molecule is O=C(O)CCCCC(=O)OCCCCCCCCCCC(c1ccccc1)c1ccccc1. The number of hydrogen-bond donors (Lipinski definition) is 1. The molecule has 0 saturated heterocycles. The molecule has 2 aromatic rings. The van der Waals surface area contributed by atoms with Gasteiger partial charge in [0.15, 0.2) is 0 Å². The van der Waals surface area contributed by atoms with E-state index in [2.05, 4.69) is 60.7 Å². The second-order valence-electron chi connectivity index (χ2n) is 8.81. The van der Waals surface area contributed by atoms with Crippen LogP contribution in [0.5, 0.6) is 0 Å². The molecule has 0 amide bonds. The molecule has 0 aromatic heterocycles. The average molecular weight is 453 g/mol. The smallest absolute Gasteiger partial charge is 0.305 e. The Labute approximate surface area is 199 Å². The molecule has 1 N–H and O–H groups in total. The molecule has 4 nitrogen and oxygen atoms in total. The molecule has 0 atom stereocenters. The summed E-state index contributed by atoms with van der Waals surface area (Å²) in [6.07, 6.45) is 12.3. The predicted molar refractivity (Wildman–Crippen MR) is 133 cm³/mol. The van der Waals surface area contributed by atoms with E-state index >= 15 is 0 Å². The summed E-state index contributed by atoms with van der Waals surface area (Å²) in [5.74, 6) is -0.538.